The number of esters is 1. The summed E-state index contributed by atoms with van der Waals surface area (Å²) in [6.45, 7) is 9.56. The maximum Gasteiger partial charge on any atom is 0.338 e. The molecule has 3 aromatic rings. The van der Waals surface area contributed by atoms with Gasteiger partial charge in [-0.05, 0) is 61.4 Å². The van der Waals surface area contributed by atoms with E-state index in [1.807, 2.05) is 30.5 Å². The van der Waals surface area contributed by atoms with Crippen molar-refractivity contribution in [3.63, 3.8) is 0 Å². The van der Waals surface area contributed by atoms with E-state index in [0.29, 0.717) is 30.9 Å². The maximum atomic E-state index is 12.9. The highest BCUT2D eigenvalue weighted by molar-refractivity contribution is 5.92. The Morgan fingerprint density at radius 3 is 2.53 bits per heavy atom. The summed E-state index contributed by atoms with van der Waals surface area (Å²) in [6, 6.07) is 18.7. The Labute approximate surface area is 189 Å². The maximum absolute atomic E-state index is 12.9. The van der Waals surface area contributed by atoms with Gasteiger partial charge in [0.2, 0.25) is 0 Å². The number of hydrogen-bond donors (Lipinski definition) is 1. The fraction of sp³-hybridized carbons (Fsp3) is 0.231. The van der Waals surface area contributed by atoms with Crippen molar-refractivity contribution >= 4 is 17.7 Å². The van der Waals surface area contributed by atoms with E-state index in [1.165, 1.54) is 11.1 Å². The number of aromatic nitrogens is 1. The van der Waals surface area contributed by atoms with Crippen LogP contribution in [-0.2, 0) is 17.8 Å². The summed E-state index contributed by atoms with van der Waals surface area (Å²) in [5, 5.41) is 2.89. The minimum absolute atomic E-state index is 0.238. The summed E-state index contributed by atoms with van der Waals surface area (Å²) < 4.78 is 7.14. The third kappa shape index (κ3) is 5.88. The molecule has 166 valence electrons. The number of ether oxygens (including phenoxy) is 1. The summed E-state index contributed by atoms with van der Waals surface area (Å²) in [7, 11) is 0. The molecule has 6 heteroatoms. The molecule has 0 atom stereocenters. The molecule has 1 aromatic heterocycles. The van der Waals surface area contributed by atoms with E-state index < -0.39 is 0 Å². The van der Waals surface area contributed by atoms with E-state index in [4.69, 9.17) is 4.74 Å². The normalized spacial score (nSPS) is 10.4. The standard InChI is InChI=1S/C26H29N3O3/c1-4-16-29(26(31)27-23-14-12-21(13-15-23)25(30)32-5-2)19-24-11-8-17-28(24)18-22-10-7-6-9-20(22)3/h4,6-15,17H,1,5,16,18-19H2,2-3H3,(H,27,31). The number of rotatable bonds is 9. The van der Waals surface area contributed by atoms with Crippen molar-refractivity contribution in [3.05, 3.63) is 102 Å². The minimum Gasteiger partial charge on any atom is -0.462 e. The molecule has 0 saturated carbocycles. The van der Waals surface area contributed by atoms with Crippen LogP contribution in [0.2, 0.25) is 0 Å². The third-order valence-electron chi connectivity index (χ3n) is 5.16. The van der Waals surface area contributed by atoms with Crippen LogP contribution in [0.3, 0.4) is 0 Å². The molecule has 0 bridgehead atoms. The highest BCUT2D eigenvalue weighted by Gasteiger charge is 2.16. The number of nitrogens with zero attached hydrogens (tertiary/aromatic N) is 2. The fourth-order valence-electron chi connectivity index (χ4n) is 3.40. The topological polar surface area (TPSA) is 63.6 Å². The molecular formula is C26H29N3O3. The summed E-state index contributed by atoms with van der Waals surface area (Å²) in [5.41, 5.74) is 4.56. The first-order valence-electron chi connectivity index (χ1n) is 10.6. The van der Waals surface area contributed by atoms with Crippen LogP contribution >= 0.6 is 0 Å². The van der Waals surface area contributed by atoms with Gasteiger partial charge in [-0.3, -0.25) is 0 Å². The number of urea groups is 1. The molecule has 0 unspecified atom stereocenters. The lowest BCUT2D eigenvalue weighted by Crippen LogP contribution is -2.35. The van der Waals surface area contributed by atoms with Gasteiger partial charge in [-0.25, -0.2) is 9.59 Å². The lowest BCUT2D eigenvalue weighted by molar-refractivity contribution is 0.0526. The number of carbonyl (C=O) groups is 2. The number of carbonyl (C=O) groups excluding carboxylic acids is 2. The molecule has 3 rings (SSSR count). The SMILES string of the molecule is C=CCN(Cc1cccn1Cc1ccccc1C)C(=O)Nc1ccc(C(=O)OCC)cc1. The first kappa shape index (κ1) is 22.9. The Bertz CT molecular complexity index is 1070. The Morgan fingerprint density at radius 1 is 1.09 bits per heavy atom. The second kappa shape index (κ2) is 11.0. The van der Waals surface area contributed by atoms with Gasteiger partial charge in [0.25, 0.3) is 0 Å². The van der Waals surface area contributed by atoms with Crippen LogP contribution in [0.1, 0.15) is 34.1 Å². The quantitative estimate of drug-likeness (QED) is 0.372. The molecule has 1 N–H and O–H groups in total. The van der Waals surface area contributed by atoms with E-state index in [2.05, 4.69) is 35.5 Å². The van der Waals surface area contributed by atoms with Gasteiger partial charge in [0, 0.05) is 30.7 Å². The highest BCUT2D eigenvalue weighted by atomic mass is 16.5. The van der Waals surface area contributed by atoms with Gasteiger partial charge >= 0.3 is 12.0 Å². The third-order valence-corrected chi connectivity index (χ3v) is 5.16. The van der Waals surface area contributed by atoms with Crippen LogP contribution in [0.4, 0.5) is 10.5 Å². The second-order valence-corrected chi connectivity index (χ2v) is 7.45. The molecule has 0 spiro atoms. The molecule has 0 aliphatic rings. The molecule has 0 radical (unpaired) electrons. The zero-order valence-corrected chi connectivity index (χ0v) is 18.6. The molecule has 0 aliphatic carbocycles. The van der Waals surface area contributed by atoms with Crippen LogP contribution in [0.5, 0.6) is 0 Å². The monoisotopic (exact) mass is 431 g/mol. The van der Waals surface area contributed by atoms with E-state index in [1.54, 1.807) is 42.2 Å². The van der Waals surface area contributed by atoms with Crippen LogP contribution in [0.25, 0.3) is 0 Å². The summed E-state index contributed by atoms with van der Waals surface area (Å²) >= 11 is 0. The number of nitrogens with one attached hydrogen (secondary N) is 1. The van der Waals surface area contributed by atoms with Crippen molar-refractivity contribution < 1.29 is 14.3 Å². The van der Waals surface area contributed by atoms with Crippen molar-refractivity contribution in [1.82, 2.24) is 9.47 Å². The van der Waals surface area contributed by atoms with Crippen molar-refractivity contribution in [2.24, 2.45) is 0 Å². The zero-order chi connectivity index (χ0) is 22.9. The van der Waals surface area contributed by atoms with Crippen LogP contribution < -0.4 is 5.32 Å². The molecular weight excluding hydrogens is 402 g/mol. The van der Waals surface area contributed by atoms with E-state index in [9.17, 15) is 9.59 Å². The lowest BCUT2D eigenvalue weighted by atomic mass is 10.1. The van der Waals surface area contributed by atoms with Gasteiger partial charge in [-0.2, -0.15) is 0 Å². The van der Waals surface area contributed by atoms with Crippen LogP contribution in [0.15, 0.2) is 79.5 Å². The Hall–Kier alpha value is -3.80. The van der Waals surface area contributed by atoms with Crippen molar-refractivity contribution in [2.45, 2.75) is 26.9 Å². The summed E-state index contributed by atoms with van der Waals surface area (Å²) in [4.78, 5) is 26.4. The average Bonchev–Trinajstić information content (AvgIpc) is 3.22. The predicted molar refractivity (Wildman–Crippen MR) is 127 cm³/mol. The molecule has 0 fully saturated rings. The molecule has 6 nitrogen and oxygen atoms in total. The first-order valence-corrected chi connectivity index (χ1v) is 10.6. The van der Waals surface area contributed by atoms with Crippen molar-refractivity contribution in [2.75, 3.05) is 18.5 Å². The van der Waals surface area contributed by atoms with Gasteiger partial charge in [-0.1, -0.05) is 30.3 Å². The van der Waals surface area contributed by atoms with E-state index in [0.717, 1.165) is 12.2 Å². The fourth-order valence-corrected chi connectivity index (χ4v) is 3.40. The lowest BCUT2D eigenvalue weighted by Gasteiger charge is -2.23. The first-order chi connectivity index (χ1) is 15.5. The highest BCUT2D eigenvalue weighted by Crippen LogP contribution is 2.16. The Balaban J connectivity index is 1.69. The van der Waals surface area contributed by atoms with Gasteiger partial charge in [0.1, 0.15) is 0 Å². The zero-order valence-electron chi connectivity index (χ0n) is 18.6. The number of aryl methyl sites for hydroxylation is 1. The molecule has 2 amide bonds. The number of hydrogen-bond acceptors (Lipinski definition) is 3. The number of anilines is 1. The molecule has 2 aromatic carbocycles. The predicted octanol–water partition coefficient (Wildman–Crippen LogP) is 5.24. The van der Waals surface area contributed by atoms with Gasteiger partial charge in [0.15, 0.2) is 0 Å². The minimum atomic E-state index is -0.381. The number of benzene rings is 2. The molecule has 1 heterocycles. The molecule has 0 saturated heterocycles. The Kier molecular flexibility index (Phi) is 7.86. The van der Waals surface area contributed by atoms with Crippen LogP contribution in [-0.4, -0.2) is 34.6 Å². The molecule has 0 aliphatic heterocycles. The average molecular weight is 432 g/mol. The summed E-state index contributed by atoms with van der Waals surface area (Å²) in [5.74, 6) is -0.381. The summed E-state index contributed by atoms with van der Waals surface area (Å²) in [6.07, 6.45) is 3.73. The largest absolute Gasteiger partial charge is 0.462 e. The van der Waals surface area contributed by atoms with Crippen molar-refractivity contribution in [3.8, 4) is 0 Å². The van der Waals surface area contributed by atoms with E-state index >= 15 is 0 Å². The van der Waals surface area contributed by atoms with Gasteiger partial charge in [-0.15, -0.1) is 6.58 Å². The van der Waals surface area contributed by atoms with E-state index in [-0.39, 0.29) is 12.0 Å². The van der Waals surface area contributed by atoms with Gasteiger partial charge < -0.3 is 19.5 Å². The molecule has 32 heavy (non-hydrogen) atoms. The Morgan fingerprint density at radius 2 is 1.84 bits per heavy atom. The van der Waals surface area contributed by atoms with Crippen molar-refractivity contribution in [1.29, 1.82) is 0 Å². The van der Waals surface area contributed by atoms with Gasteiger partial charge in [0.05, 0.1) is 18.7 Å². The number of amides is 2. The van der Waals surface area contributed by atoms with Crippen LogP contribution in [0, 0.1) is 6.92 Å². The second-order valence-electron chi connectivity index (χ2n) is 7.45. The smallest absolute Gasteiger partial charge is 0.338 e.